The van der Waals surface area contributed by atoms with Gasteiger partial charge in [-0.15, -0.1) is 0 Å². The van der Waals surface area contributed by atoms with Crippen LogP contribution in [0.3, 0.4) is 0 Å². The highest BCUT2D eigenvalue weighted by atomic mass is 19.1. The average molecular weight is 400 g/mol. The molecule has 154 valence electrons. The van der Waals surface area contributed by atoms with E-state index in [0.29, 0.717) is 13.1 Å². The van der Waals surface area contributed by atoms with Gasteiger partial charge in [0, 0.05) is 24.2 Å². The number of benzene rings is 2. The predicted molar refractivity (Wildman–Crippen MR) is 110 cm³/mol. The molecule has 2 N–H and O–H groups in total. The molecule has 5 nitrogen and oxygen atoms in total. The Labute approximate surface area is 171 Å². The molecule has 2 aliphatic rings. The largest absolute Gasteiger partial charge is 0.493 e. The van der Waals surface area contributed by atoms with Crippen LogP contribution in [-0.2, 0) is 17.8 Å². The minimum atomic E-state index is -0.280. The van der Waals surface area contributed by atoms with E-state index in [1.165, 1.54) is 28.2 Å². The molecule has 0 aliphatic carbocycles. The van der Waals surface area contributed by atoms with Crippen molar-refractivity contribution in [2.75, 3.05) is 50.8 Å². The minimum Gasteiger partial charge on any atom is -0.493 e. The number of hydrogen-bond acceptors (Lipinski definition) is 2. The Kier molecular flexibility index (Phi) is 6.11. The molecule has 0 spiro atoms. The first-order chi connectivity index (χ1) is 14.1. The molecule has 6 heteroatoms. The van der Waals surface area contributed by atoms with Crippen LogP contribution in [-0.4, -0.2) is 51.8 Å². The number of quaternary nitrogens is 2. The lowest BCUT2D eigenvalue weighted by Crippen LogP contribution is -3.28. The van der Waals surface area contributed by atoms with E-state index in [0.717, 1.165) is 57.2 Å². The standard InChI is InChI=1S/C23H28FN3O2/c1-2-27(21-6-4-20(24)5-7-21)23(28)17-26-12-10-25(11-13-26)16-18-3-8-22-19(15-18)9-14-29-22/h3-8,15H,2,9-14,16-17H2,1H3/p+2. The average Bonchev–Trinajstić information content (AvgIpc) is 3.19. The van der Waals surface area contributed by atoms with Crippen LogP contribution in [0.2, 0.25) is 0 Å². The van der Waals surface area contributed by atoms with E-state index in [1.807, 2.05) is 6.92 Å². The number of rotatable bonds is 6. The Bertz CT molecular complexity index is 848. The number of piperazine rings is 1. The molecule has 4 rings (SSSR count). The number of ether oxygens (including phenoxy) is 1. The maximum absolute atomic E-state index is 13.2. The van der Waals surface area contributed by atoms with Crippen molar-refractivity contribution in [1.82, 2.24) is 0 Å². The van der Waals surface area contributed by atoms with Gasteiger partial charge in [-0.05, 0) is 55.0 Å². The number of nitrogens with one attached hydrogen (secondary N) is 2. The maximum atomic E-state index is 13.2. The third-order valence-corrected chi connectivity index (χ3v) is 6.03. The van der Waals surface area contributed by atoms with Crippen molar-refractivity contribution in [2.24, 2.45) is 0 Å². The van der Waals surface area contributed by atoms with Crippen molar-refractivity contribution < 1.29 is 23.7 Å². The summed E-state index contributed by atoms with van der Waals surface area (Å²) in [5, 5.41) is 0. The second-order valence-electron chi connectivity index (χ2n) is 8.01. The SMILES string of the molecule is CCN(C(=O)C[NH+]1CC[NH+](Cc2ccc3c(c2)CCO3)CC1)c1ccc(F)cc1. The van der Waals surface area contributed by atoms with Crippen LogP contribution < -0.4 is 19.4 Å². The molecule has 1 saturated heterocycles. The first kappa shape index (κ1) is 19.9. The molecule has 0 atom stereocenters. The van der Waals surface area contributed by atoms with Gasteiger partial charge in [0.15, 0.2) is 6.54 Å². The van der Waals surface area contributed by atoms with Gasteiger partial charge in [-0.1, -0.05) is 0 Å². The second-order valence-corrected chi connectivity index (χ2v) is 8.01. The molecular weight excluding hydrogens is 369 g/mol. The number of halogens is 1. The molecule has 0 aromatic heterocycles. The molecule has 0 bridgehead atoms. The highest BCUT2D eigenvalue weighted by Gasteiger charge is 2.27. The molecule has 0 saturated carbocycles. The zero-order valence-corrected chi connectivity index (χ0v) is 17.0. The van der Waals surface area contributed by atoms with E-state index in [2.05, 4.69) is 18.2 Å². The highest BCUT2D eigenvalue weighted by Crippen LogP contribution is 2.25. The molecular formula is C23H30FN3O2+2. The van der Waals surface area contributed by atoms with Crippen molar-refractivity contribution in [3.63, 3.8) is 0 Å². The van der Waals surface area contributed by atoms with Crippen LogP contribution in [0.25, 0.3) is 0 Å². The molecule has 1 fully saturated rings. The smallest absolute Gasteiger partial charge is 0.282 e. The lowest BCUT2D eigenvalue weighted by Gasteiger charge is -2.31. The quantitative estimate of drug-likeness (QED) is 0.723. The number of fused-ring (bicyclic) bond motifs is 1. The topological polar surface area (TPSA) is 38.4 Å². The van der Waals surface area contributed by atoms with Gasteiger partial charge in [0.2, 0.25) is 0 Å². The summed E-state index contributed by atoms with van der Waals surface area (Å²) in [5.74, 6) is 0.868. The number of carbonyl (C=O) groups excluding carboxylic acids is 1. The number of anilines is 1. The van der Waals surface area contributed by atoms with Gasteiger partial charge >= 0.3 is 0 Å². The zero-order chi connectivity index (χ0) is 20.2. The van der Waals surface area contributed by atoms with Crippen molar-refractivity contribution in [3.05, 3.63) is 59.4 Å². The van der Waals surface area contributed by atoms with Crippen LogP contribution in [0.5, 0.6) is 5.75 Å². The van der Waals surface area contributed by atoms with Crippen molar-refractivity contribution in [3.8, 4) is 5.75 Å². The second kappa shape index (κ2) is 8.93. The normalized spacial score (nSPS) is 20.8. The number of likely N-dealkylation sites (N-methyl/N-ethyl adjacent to an activating group) is 1. The summed E-state index contributed by atoms with van der Waals surface area (Å²) in [4.78, 5) is 17.5. The van der Waals surface area contributed by atoms with Crippen LogP contribution in [0.15, 0.2) is 42.5 Å². The summed E-state index contributed by atoms with van der Waals surface area (Å²) in [5.41, 5.74) is 3.47. The van der Waals surface area contributed by atoms with Gasteiger partial charge in [0.25, 0.3) is 5.91 Å². The highest BCUT2D eigenvalue weighted by molar-refractivity contribution is 5.93. The van der Waals surface area contributed by atoms with Crippen LogP contribution in [0.4, 0.5) is 10.1 Å². The summed E-state index contributed by atoms with van der Waals surface area (Å²) >= 11 is 0. The number of hydrogen-bond donors (Lipinski definition) is 2. The van der Waals surface area contributed by atoms with E-state index in [9.17, 15) is 9.18 Å². The van der Waals surface area contributed by atoms with E-state index < -0.39 is 0 Å². The monoisotopic (exact) mass is 399 g/mol. The van der Waals surface area contributed by atoms with E-state index in [-0.39, 0.29) is 11.7 Å². The molecule has 29 heavy (non-hydrogen) atoms. The van der Waals surface area contributed by atoms with E-state index >= 15 is 0 Å². The minimum absolute atomic E-state index is 0.108. The Hall–Kier alpha value is -2.44. The molecule has 2 heterocycles. The van der Waals surface area contributed by atoms with Crippen molar-refractivity contribution in [1.29, 1.82) is 0 Å². The summed E-state index contributed by atoms with van der Waals surface area (Å²) in [6, 6.07) is 12.7. The number of nitrogens with zero attached hydrogens (tertiary/aromatic N) is 1. The fraction of sp³-hybridized carbons (Fsp3) is 0.435. The van der Waals surface area contributed by atoms with Crippen molar-refractivity contribution >= 4 is 11.6 Å². The van der Waals surface area contributed by atoms with Crippen LogP contribution in [0.1, 0.15) is 18.1 Å². The lowest BCUT2D eigenvalue weighted by atomic mass is 10.1. The molecule has 2 aromatic carbocycles. The third-order valence-electron chi connectivity index (χ3n) is 6.03. The summed E-state index contributed by atoms with van der Waals surface area (Å²) in [6.07, 6.45) is 1.01. The fourth-order valence-electron chi connectivity index (χ4n) is 4.38. The Morgan fingerprint density at radius 1 is 1.07 bits per heavy atom. The van der Waals surface area contributed by atoms with Crippen LogP contribution >= 0.6 is 0 Å². The Morgan fingerprint density at radius 3 is 2.52 bits per heavy atom. The maximum Gasteiger partial charge on any atom is 0.282 e. The third kappa shape index (κ3) is 4.77. The summed E-state index contributed by atoms with van der Waals surface area (Å²) in [7, 11) is 0. The van der Waals surface area contributed by atoms with Gasteiger partial charge in [0.05, 0.1) is 6.61 Å². The van der Waals surface area contributed by atoms with Gasteiger partial charge in [-0.3, -0.25) is 4.79 Å². The first-order valence-electron chi connectivity index (χ1n) is 10.6. The molecule has 2 aromatic rings. The Morgan fingerprint density at radius 2 is 1.79 bits per heavy atom. The zero-order valence-electron chi connectivity index (χ0n) is 17.0. The molecule has 0 radical (unpaired) electrons. The van der Waals surface area contributed by atoms with Gasteiger partial charge < -0.3 is 19.4 Å². The Balaban J connectivity index is 1.28. The molecule has 2 aliphatic heterocycles. The molecule has 1 amide bonds. The summed E-state index contributed by atoms with van der Waals surface area (Å²) in [6.45, 7) is 9.01. The molecule has 0 unspecified atom stereocenters. The van der Waals surface area contributed by atoms with E-state index in [1.54, 1.807) is 21.9 Å². The fourth-order valence-corrected chi connectivity index (χ4v) is 4.38. The van der Waals surface area contributed by atoms with Gasteiger partial charge in [-0.2, -0.15) is 0 Å². The predicted octanol–water partition coefficient (Wildman–Crippen LogP) is 0.0971. The van der Waals surface area contributed by atoms with E-state index in [4.69, 9.17) is 4.74 Å². The number of amides is 1. The number of carbonyl (C=O) groups is 1. The summed E-state index contributed by atoms with van der Waals surface area (Å²) < 4.78 is 18.8. The lowest BCUT2D eigenvalue weighted by molar-refractivity contribution is -1.02. The van der Waals surface area contributed by atoms with Gasteiger partial charge in [-0.25, -0.2) is 4.39 Å². The van der Waals surface area contributed by atoms with Crippen molar-refractivity contribution in [2.45, 2.75) is 19.9 Å². The van der Waals surface area contributed by atoms with Crippen LogP contribution in [0, 0.1) is 5.82 Å². The first-order valence-corrected chi connectivity index (χ1v) is 10.6. The van der Waals surface area contributed by atoms with Gasteiger partial charge in [0.1, 0.15) is 44.3 Å².